The topological polar surface area (TPSA) is 137 Å². The quantitative estimate of drug-likeness (QED) is 0.422. The maximum absolute atomic E-state index is 11.5. The van der Waals surface area contributed by atoms with Crippen molar-refractivity contribution in [3.8, 4) is 6.07 Å². The van der Waals surface area contributed by atoms with Crippen LogP contribution in [0.15, 0.2) is 17.1 Å². The van der Waals surface area contributed by atoms with Crippen LogP contribution < -0.4 is 10.2 Å². The van der Waals surface area contributed by atoms with Crippen LogP contribution in [0.4, 0.5) is 0 Å². The van der Waals surface area contributed by atoms with Crippen molar-refractivity contribution >= 4 is 5.97 Å². The third-order valence-corrected chi connectivity index (χ3v) is 3.06. The van der Waals surface area contributed by atoms with Gasteiger partial charge in [0.1, 0.15) is 30.4 Å². The van der Waals surface area contributed by atoms with Crippen LogP contribution in [0.5, 0.6) is 0 Å². The standard InChI is InChI=1S/C12H13N3O6/c1-6(16)20-5-8-9(17)10(18)12(21-8)15-3-2-7(4-13)11(19)14-15/h2-3,8-10,12,17-18H,5H2,1H3/p+1/t8-,9-,10-,12-/m1/s1. The van der Waals surface area contributed by atoms with Gasteiger partial charge in [0.25, 0.3) is 0 Å². The molecule has 0 aliphatic carbocycles. The molecule has 1 aliphatic rings. The zero-order chi connectivity index (χ0) is 15.6. The molecule has 1 aromatic heterocycles. The molecule has 0 amide bonds. The number of hydrogen-bond donors (Lipinski definition) is 3. The molecule has 0 unspecified atom stereocenters. The van der Waals surface area contributed by atoms with E-state index < -0.39 is 36.1 Å². The van der Waals surface area contributed by atoms with Crippen LogP contribution in [0.1, 0.15) is 18.7 Å². The third kappa shape index (κ3) is 3.08. The van der Waals surface area contributed by atoms with Crippen LogP contribution >= 0.6 is 0 Å². The molecule has 1 fully saturated rings. The van der Waals surface area contributed by atoms with E-state index in [0.29, 0.717) is 0 Å². The van der Waals surface area contributed by atoms with Crippen molar-refractivity contribution in [1.82, 2.24) is 5.10 Å². The van der Waals surface area contributed by atoms with E-state index >= 15 is 0 Å². The molecule has 0 spiro atoms. The first-order valence-corrected chi connectivity index (χ1v) is 6.13. The molecule has 0 bridgehead atoms. The van der Waals surface area contributed by atoms with Crippen molar-refractivity contribution in [2.75, 3.05) is 6.61 Å². The minimum absolute atomic E-state index is 0.0873. The number of ether oxygens (including phenoxy) is 2. The first-order valence-electron chi connectivity index (χ1n) is 6.13. The van der Waals surface area contributed by atoms with Gasteiger partial charge in [0.15, 0.2) is 12.3 Å². The van der Waals surface area contributed by atoms with Crippen molar-refractivity contribution in [3.05, 3.63) is 28.2 Å². The van der Waals surface area contributed by atoms with Crippen LogP contribution in [0.25, 0.3) is 0 Å². The Balaban J connectivity index is 2.17. The molecule has 0 saturated carbocycles. The monoisotopic (exact) mass is 296 g/mol. The number of nitrogens with one attached hydrogen (secondary N) is 1. The summed E-state index contributed by atoms with van der Waals surface area (Å²) in [5, 5.41) is 30.8. The fraction of sp³-hybridized carbons (Fsp3) is 0.500. The van der Waals surface area contributed by atoms with E-state index in [1.807, 2.05) is 0 Å². The molecule has 1 aromatic rings. The van der Waals surface area contributed by atoms with E-state index in [1.165, 1.54) is 19.2 Å². The van der Waals surface area contributed by atoms with Crippen LogP contribution in [0.2, 0.25) is 0 Å². The Morgan fingerprint density at radius 3 is 2.86 bits per heavy atom. The van der Waals surface area contributed by atoms with Gasteiger partial charge in [-0.05, 0) is 0 Å². The number of hydrogen-bond acceptors (Lipinski definition) is 7. The van der Waals surface area contributed by atoms with Gasteiger partial charge in [0.05, 0.1) is 0 Å². The van der Waals surface area contributed by atoms with Gasteiger partial charge in [-0.3, -0.25) is 9.59 Å². The van der Waals surface area contributed by atoms with Crippen LogP contribution in [0.3, 0.4) is 0 Å². The molecule has 9 heteroatoms. The second-order valence-electron chi connectivity index (χ2n) is 4.54. The van der Waals surface area contributed by atoms with E-state index in [4.69, 9.17) is 14.7 Å². The summed E-state index contributed by atoms with van der Waals surface area (Å²) in [5.41, 5.74) is -0.732. The van der Waals surface area contributed by atoms with Gasteiger partial charge in [0.2, 0.25) is 0 Å². The molecular formula is C12H14N3O6+. The summed E-state index contributed by atoms with van der Waals surface area (Å²) in [7, 11) is 0. The summed E-state index contributed by atoms with van der Waals surface area (Å²) in [4.78, 5) is 22.3. The number of esters is 1. The Labute approximate surface area is 118 Å². The van der Waals surface area contributed by atoms with Crippen molar-refractivity contribution in [1.29, 1.82) is 5.26 Å². The molecule has 3 N–H and O–H groups in total. The van der Waals surface area contributed by atoms with Gasteiger partial charge in [-0.15, -0.1) is 5.10 Å². The average Bonchev–Trinajstić information content (AvgIpc) is 2.73. The number of nitriles is 1. The Morgan fingerprint density at radius 2 is 2.29 bits per heavy atom. The number of carbonyl (C=O) groups excluding carboxylic acids is 1. The molecule has 1 saturated heterocycles. The molecule has 1 aliphatic heterocycles. The predicted molar refractivity (Wildman–Crippen MR) is 64.5 cm³/mol. The van der Waals surface area contributed by atoms with Crippen LogP contribution in [-0.2, 0) is 14.3 Å². The summed E-state index contributed by atoms with van der Waals surface area (Å²) in [6, 6.07) is 2.97. The second kappa shape index (κ2) is 6.01. The average molecular weight is 296 g/mol. The minimum atomic E-state index is -1.32. The minimum Gasteiger partial charge on any atom is -0.463 e. The highest BCUT2D eigenvalue weighted by atomic mass is 16.6. The first-order chi connectivity index (χ1) is 9.93. The zero-order valence-corrected chi connectivity index (χ0v) is 11.1. The molecule has 4 atom stereocenters. The lowest BCUT2D eigenvalue weighted by molar-refractivity contribution is -0.815. The maximum Gasteiger partial charge on any atom is 0.315 e. The second-order valence-corrected chi connectivity index (χ2v) is 4.54. The largest absolute Gasteiger partial charge is 0.463 e. The summed E-state index contributed by atoms with van der Waals surface area (Å²) >= 11 is 0. The number of rotatable bonds is 3. The Morgan fingerprint density at radius 1 is 1.57 bits per heavy atom. The normalized spacial score (nSPS) is 28.1. The van der Waals surface area contributed by atoms with E-state index in [2.05, 4.69) is 5.10 Å². The van der Waals surface area contributed by atoms with E-state index in [-0.39, 0.29) is 12.2 Å². The Bertz CT molecular complexity index is 637. The number of H-pyrrole nitrogens is 1. The van der Waals surface area contributed by atoms with Gasteiger partial charge in [-0.25, -0.2) is 0 Å². The smallest absolute Gasteiger partial charge is 0.315 e. The Kier molecular flexibility index (Phi) is 4.32. The van der Waals surface area contributed by atoms with E-state index in [1.54, 1.807) is 6.07 Å². The predicted octanol–water partition coefficient (Wildman–Crippen LogP) is -2.28. The number of carbonyl (C=O) groups is 1. The number of aliphatic hydroxyl groups excluding tert-OH is 2. The van der Waals surface area contributed by atoms with Crippen molar-refractivity contribution in [2.24, 2.45) is 0 Å². The lowest BCUT2D eigenvalue weighted by Gasteiger charge is -2.12. The zero-order valence-electron chi connectivity index (χ0n) is 11.1. The summed E-state index contributed by atoms with van der Waals surface area (Å²) in [6.07, 6.45) is -3.23. The summed E-state index contributed by atoms with van der Waals surface area (Å²) in [5.74, 6) is -0.539. The van der Waals surface area contributed by atoms with Gasteiger partial charge >= 0.3 is 17.8 Å². The molecule has 0 aromatic carbocycles. The third-order valence-electron chi connectivity index (χ3n) is 3.06. The van der Waals surface area contributed by atoms with Gasteiger partial charge in [-0.1, -0.05) is 4.68 Å². The molecular weight excluding hydrogens is 282 g/mol. The molecule has 2 heterocycles. The highest BCUT2D eigenvalue weighted by Crippen LogP contribution is 2.25. The van der Waals surface area contributed by atoms with E-state index in [9.17, 15) is 19.8 Å². The van der Waals surface area contributed by atoms with Gasteiger partial charge in [0, 0.05) is 13.0 Å². The lowest BCUT2D eigenvalue weighted by atomic mass is 10.1. The van der Waals surface area contributed by atoms with Crippen LogP contribution in [-0.4, -0.2) is 46.2 Å². The van der Waals surface area contributed by atoms with Crippen LogP contribution in [0, 0.1) is 11.3 Å². The van der Waals surface area contributed by atoms with Crippen molar-refractivity contribution < 1.29 is 29.2 Å². The first kappa shape index (κ1) is 15.1. The lowest BCUT2D eigenvalue weighted by Crippen LogP contribution is -2.51. The molecule has 0 radical (unpaired) electrons. The number of nitrogens with zero attached hydrogens (tertiary/aromatic N) is 2. The fourth-order valence-electron chi connectivity index (χ4n) is 1.98. The summed E-state index contributed by atoms with van der Waals surface area (Å²) < 4.78 is 11.3. The number of aromatic amines is 1. The maximum atomic E-state index is 11.5. The molecule has 112 valence electrons. The fourth-order valence-corrected chi connectivity index (χ4v) is 1.98. The highest BCUT2D eigenvalue weighted by Gasteiger charge is 2.49. The summed E-state index contributed by atoms with van der Waals surface area (Å²) in [6.45, 7) is 0.993. The number of aromatic nitrogens is 2. The van der Waals surface area contributed by atoms with Crippen molar-refractivity contribution in [2.45, 2.75) is 31.5 Å². The SMILES string of the molecule is CC(=O)OC[C@H]1O[C@@H]([n+]2ccc(C#N)c(=O)[nH]2)[C@H](O)[C@@H]1O. The molecule has 2 rings (SSSR count). The van der Waals surface area contributed by atoms with E-state index in [0.717, 1.165) is 4.68 Å². The molecule has 9 nitrogen and oxygen atoms in total. The van der Waals surface area contributed by atoms with Gasteiger partial charge in [-0.2, -0.15) is 5.26 Å². The Hall–Kier alpha value is -2.28. The van der Waals surface area contributed by atoms with Crippen molar-refractivity contribution in [3.63, 3.8) is 0 Å². The van der Waals surface area contributed by atoms with Gasteiger partial charge < -0.3 is 19.7 Å². The highest BCUT2D eigenvalue weighted by molar-refractivity contribution is 5.65. The molecule has 21 heavy (non-hydrogen) atoms. The number of aliphatic hydroxyl groups is 2.